The minimum Gasteiger partial charge on any atom is -0.335 e. The molecule has 0 saturated carbocycles. The summed E-state index contributed by atoms with van der Waals surface area (Å²) in [6, 6.07) is 7.59. The fourth-order valence-corrected chi connectivity index (χ4v) is 2.56. The molecule has 0 fully saturated rings. The topological polar surface area (TPSA) is 15.6 Å². The Kier molecular flexibility index (Phi) is 2.09. The summed E-state index contributed by atoms with van der Waals surface area (Å²) >= 11 is 12.4. The van der Waals surface area contributed by atoms with E-state index in [1.54, 1.807) is 6.34 Å². The zero-order chi connectivity index (χ0) is 11.3. The molecule has 0 N–H and O–H groups in total. The van der Waals surface area contributed by atoms with Gasteiger partial charge in [-0.1, -0.05) is 23.2 Å². The number of anilines is 1. The van der Waals surface area contributed by atoms with Gasteiger partial charge in [0.1, 0.15) is 0 Å². The summed E-state index contributed by atoms with van der Waals surface area (Å²) in [4.78, 5) is 6.32. The van der Waals surface area contributed by atoms with E-state index in [4.69, 9.17) is 23.2 Å². The van der Waals surface area contributed by atoms with E-state index in [-0.39, 0.29) is 0 Å². The maximum absolute atomic E-state index is 6.18. The molecule has 0 aromatic heterocycles. The van der Waals surface area contributed by atoms with Crippen molar-refractivity contribution in [2.75, 3.05) is 11.9 Å². The quantitative estimate of drug-likeness (QED) is 0.683. The number of hydrogen-bond donors (Lipinski definition) is 0. The van der Waals surface area contributed by atoms with Crippen molar-refractivity contribution in [2.24, 2.45) is 4.99 Å². The number of benzene rings is 2. The highest BCUT2D eigenvalue weighted by atomic mass is 35.5. The second-order valence-corrected chi connectivity index (χ2v) is 4.55. The third-order valence-corrected chi connectivity index (χ3v) is 3.39. The molecule has 0 spiro atoms. The van der Waals surface area contributed by atoms with Gasteiger partial charge in [-0.25, -0.2) is 4.99 Å². The average molecular weight is 251 g/mol. The fourth-order valence-electron chi connectivity index (χ4n) is 1.99. The first-order valence-corrected chi connectivity index (χ1v) is 5.62. The number of rotatable bonds is 0. The van der Waals surface area contributed by atoms with Gasteiger partial charge in [-0.05, 0) is 24.3 Å². The van der Waals surface area contributed by atoms with Crippen LogP contribution in [0.1, 0.15) is 0 Å². The first kappa shape index (κ1) is 9.94. The highest BCUT2D eigenvalue weighted by molar-refractivity contribution is 6.43. The van der Waals surface area contributed by atoms with E-state index >= 15 is 0 Å². The van der Waals surface area contributed by atoms with Gasteiger partial charge in [0.25, 0.3) is 0 Å². The third-order valence-electron chi connectivity index (χ3n) is 2.77. The normalized spacial score (nSPS) is 13.6. The van der Waals surface area contributed by atoms with Gasteiger partial charge in [-0.15, -0.1) is 0 Å². The van der Waals surface area contributed by atoms with Crippen molar-refractivity contribution in [3.63, 3.8) is 0 Å². The smallest absolute Gasteiger partial charge is 0.0954 e. The molecule has 0 radical (unpaired) electrons. The van der Waals surface area contributed by atoms with E-state index in [1.165, 1.54) is 0 Å². The van der Waals surface area contributed by atoms with Crippen LogP contribution in [-0.2, 0) is 0 Å². The lowest BCUT2D eigenvalue weighted by atomic mass is 10.1. The van der Waals surface area contributed by atoms with Crippen LogP contribution in [0.4, 0.5) is 11.4 Å². The second-order valence-electron chi connectivity index (χ2n) is 3.74. The van der Waals surface area contributed by atoms with Crippen LogP contribution in [0.2, 0.25) is 10.0 Å². The van der Waals surface area contributed by atoms with E-state index in [1.807, 2.05) is 36.2 Å². The predicted molar refractivity (Wildman–Crippen MR) is 70.5 cm³/mol. The first-order chi connectivity index (χ1) is 7.68. The van der Waals surface area contributed by atoms with Crippen molar-refractivity contribution in [1.29, 1.82) is 0 Å². The van der Waals surface area contributed by atoms with Gasteiger partial charge >= 0.3 is 0 Å². The molecule has 2 nitrogen and oxygen atoms in total. The Morgan fingerprint density at radius 3 is 2.44 bits per heavy atom. The Morgan fingerprint density at radius 2 is 1.69 bits per heavy atom. The monoisotopic (exact) mass is 250 g/mol. The molecule has 1 heterocycles. The molecule has 16 heavy (non-hydrogen) atoms. The summed E-state index contributed by atoms with van der Waals surface area (Å²) in [7, 11) is 1.95. The Labute approximate surface area is 103 Å². The molecule has 1 aliphatic heterocycles. The second kappa shape index (κ2) is 3.37. The Bertz CT molecular complexity index is 612. The zero-order valence-electron chi connectivity index (χ0n) is 8.54. The van der Waals surface area contributed by atoms with E-state index in [0.717, 1.165) is 22.1 Å². The molecule has 4 heteroatoms. The summed E-state index contributed by atoms with van der Waals surface area (Å²) in [5.74, 6) is 0. The molecule has 2 aromatic carbocycles. The first-order valence-electron chi connectivity index (χ1n) is 4.86. The molecule has 0 unspecified atom stereocenters. The number of hydrogen-bond acceptors (Lipinski definition) is 2. The van der Waals surface area contributed by atoms with Crippen LogP contribution in [0, 0.1) is 0 Å². The molecule has 2 aromatic rings. The van der Waals surface area contributed by atoms with Crippen molar-refractivity contribution in [1.82, 2.24) is 0 Å². The van der Waals surface area contributed by atoms with Crippen LogP contribution < -0.4 is 4.90 Å². The van der Waals surface area contributed by atoms with E-state index < -0.39 is 0 Å². The minimum absolute atomic E-state index is 0.663. The van der Waals surface area contributed by atoms with Crippen molar-refractivity contribution >= 4 is 51.7 Å². The summed E-state index contributed by atoms with van der Waals surface area (Å²) in [6.45, 7) is 0. The van der Waals surface area contributed by atoms with Crippen molar-refractivity contribution < 1.29 is 0 Å². The SMILES string of the molecule is CN1C=Nc2ccc(Cl)c3c(Cl)ccc1c23. The van der Waals surface area contributed by atoms with Gasteiger partial charge in [0.2, 0.25) is 0 Å². The van der Waals surface area contributed by atoms with Gasteiger partial charge in [0, 0.05) is 17.8 Å². The lowest BCUT2D eigenvalue weighted by molar-refractivity contribution is 1.28. The zero-order valence-corrected chi connectivity index (χ0v) is 10.0. The van der Waals surface area contributed by atoms with Crippen LogP contribution >= 0.6 is 23.2 Å². The molecule has 0 aliphatic carbocycles. The Balaban J connectivity index is 2.56. The molecular formula is C12H8Cl2N2. The molecule has 80 valence electrons. The van der Waals surface area contributed by atoms with E-state index in [0.29, 0.717) is 10.0 Å². The summed E-state index contributed by atoms with van der Waals surface area (Å²) in [5, 5.41) is 3.22. The summed E-state index contributed by atoms with van der Waals surface area (Å²) in [6.07, 6.45) is 1.79. The number of nitrogens with zero attached hydrogens (tertiary/aromatic N) is 2. The largest absolute Gasteiger partial charge is 0.335 e. The van der Waals surface area contributed by atoms with Gasteiger partial charge in [-0.3, -0.25) is 0 Å². The maximum atomic E-state index is 6.18. The Hall–Kier alpha value is -1.25. The van der Waals surface area contributed by atoms with E-state index in [9.17, 15) is 0 Å². The van der Waals surface area contributed by atoms with Crippen LogP contribution in [-0.4, -0.2) is 13.4 Å². The number of aliphatic imine (C=N–C) groups is 1. The Morgan fingerprint density at radius 1 is 1.00 bits per heavy atom. The molecule has 0 amide bonds. The molecule has 3 rings (SSSR count). The van der Waals surface area contributed by atoms with E-state index in [2.05, 4.69) is 4.99 Å². The number of halogens is 2. The van der Waals surface area contributed by atoms with Gasteiger partial charge in [0.15, 0.2) is 0 Å². The molecular weight excluding hydrogens is 243 g/mol. The minimum atomic E-state index is 0.663. The predicted octanol–water partition coefficient (Wildman–Crippen LogP) is 4.26. The summed E-state index contributed by atoms with van der Waals surface area (Å²) < 4.78 is 0. The average Bonchev–Trinajstić information content (AvgIpc) is 2.27. The van der Waals surface area contributed by atoms with Crippen LogP contribution in [0.15, 0.2) is 29.3 Å². The van der Waals surface area contributed by atoms with Gasteiger partial charge in [-0.2, -0.15) is 0 Å². The lowest BCUT2D eigenvalue weighted by Gasteiger charge is -2.22. The standard InChI is InChI=1S/C12H8Cl2N2/c1-16-6-15-9-4-2-7(13)11-8(14)3-5-10(16)12(9)11/h2-6H,1H3. The third kappa shape index (κ3) is 1.24. The van der Waals surface area contributed by atoms with Crippen molar-refractivity contribution in [2.45, 2.75) is 0 Å². The molecule has 0 saturated heterocycles. The highest BCUT2D eigenvalue weighted by Crippen LogP contribution is 2.43. The lowest BCUT2D eigenvalue weighted by Crippen LogP contribution is -2.16. The maximum Gasteiger partial charge on any atom is 0.0954 e. The molecule has 1 aliphatic rings. The molecule has 0 atom stereocenters. The van der Waals surface area contributed by atoms with Crippen LogP contribution in [0.5, 0.6) is 0 Å². The van der Waals surface area contributed by atoms with Crippen molar-refractivity contribution in [3.05, 3.63) is 34.3 Å². The molecule has 0 bridgehead atoms. The van der Waals surface area contributed by atoms with Gasteiger partial charge in [0.05, 0.1) is 27.8 Å². The van der Waals surface area contributed by atoms with Crippen LogP contribution in [0.25, 0.3) is 10.8 Å². The van der Waals surface area contributed by atoms with Crippen molar-refractivity contribution in [3.8, 4) is 0 Å². The highest BCUT2D eigenvalue weighted by Gasteiger charge is 2.16. The fraction of sp³-hybridized carbons (Fsp3) is 0.0833. The van der Waals surface area contributed by atoms with Gasteiger partial charge < -0.3 is 4.90 Å². The summed E-state index contributed by atoms with van der Waals surface area (Å²) in [5.41, 5.74) is 1.99. The van der Waals surface area contributed by atoms with Crippen LogP contribution in [0.3, 0.4) is 0 Å².